The van der Waals surface area contributed by atoms with Gasteiger partial charge in [0.1, 0.15) is 0 Å². The number of aliphatic hydroxyl groups is 1. The maximum Gasteiger partial charge on any atom is 0.265 e. The van der Waals surface area contributed by atoms with Gasteiger partial charge in [0, 0.05) is 17.0 Å². The Kier molecular flexibility index (Phi) is 5.88. The van der Waals surface area contributed by atoms with Crippen molar-refractivity contribution in [2.75, 3.05) is 18.2 Å². The topological polar surface area (TPSA) is 49.3 Å². The first-order valence-corrected chi connectivity index (χ1v) is 8.42. The lowest BCUT2D eigenvalue weighted by atomic mass is 10.3. The summed E-state index contributed by atoms with van der Waals surface area (Å²) in [6, 6.07) is 11.3. The Morgan fingerprint density at radius 2 is 2.24 bits per heavy atom. The number of amides is 1. The summed E-state index contributed by atoms with van der Waals surface area (Å²) in [6.07, 6.45) is 2.44. The molecule has 0 aliphatic heterocycles. The molecule has 1 aromatic carbocycles. The van der Waals surface area contributed by atoms with Gasteiger partial charge in [0.2, 0.25) is 0 Å². The second kappa shape index (κ2) is 7.89. The molecule has 2 aromatic rings. The normalized spacial score (nSPS) is 9.81. The number of hydrogen-bond acceptors (Lipinski definition) is 4. The van der Waals surface area contributed by atoms with Gasteiger partial charge < -0.3 is 10.4 Å². The van der Waals surface area contributed by atoms with Gasteiger partial charge in [-0.1, -0.05) is 17.9 Å². The number of thiophene rings is 1. The molecule has 2 N–H and O–H groups in total. The van der Waals surface area contributed by atoms with E-state index in [2.05, 4.69) is 17.2 Å². The second-order valence-electron chi connectivity index (χ2n) is 4.13. The highest BCUT2D eigenvalue weighted by Gasteiger charge is 2.09. The average molecular weight is 317 g/mol. The largest absolute Gasteiger partial charge is 0.395 e. The van der Waals surface area contributed by atoms with Crippen LogP contribution in [0.15, 0.2) is 41.3 Å². The number of nitrogens with one attached hydrogen (secondary N) is 1. The number of carbonyl (C=O) groups excluding carboxylic acids is 1. The van der Waals surface area contributed by atoms with Crippen molar-refractivity contribution >= 4 is 34.7 Å². The maximum atomic E-state index is 12.2. The molecule has 1 aromatic heterocycles. The zero-order valence-electron chi connectivity index (χ0n) is 11.6. The van der Waals surface area contributed by atoms with Gasteiger partial charge in [-0.3, -0.25) is 4.79 Å². The van der Waals surface area contributed by atoms with Crippen molar-refractivity contribution in [3.8, 4) is 11.8 Å². The Bertz CT molecular complexity index is 683. The molecule has 0 bridgehead atoms. The predicted octanol–water partition coefficient (Wildman–Crippen LogP) is 3.46. The average Bonchev–Trinajstić information content (AvgIpc) is 2.97. The van der Waals surface area contributed by atoms with Gasteiger partial charge in [-0.2, -0.15) is 0 Å². The molecule has 0 radical (unpaired) electrons. The van der Waals surface area contributed by atoms with Gasteiger partial charge in [-0.05, 0) is 36.6 Å². The minimum Gasteiger partial charge on any atom is -0.395 e. The Morgan fingerprint density at radius 3 is 3.00 bits per heavy atom. The lowest BCUT2D eigenvalue weighted by molar-refractivity contribution is 0.103. The van der Waals surface area contributed by atoms with Crippen molar-refractivity contribution in [1.82, 2.24) is 0 Å². The number of aliphatic hydroxyl groups excluding tert-OH is 1. The van der Waals surface area contributed by atoms with Gasteiger partial charge in [0.05, 0.1) is 16.4 Å². The molecule has 0 aliphatic rings. The fraction of sp³-hybridized carbons (Fsp3) is 0.188. The Balaban J connectivity index is 2.05. The molecular formula is C16H15NO2S2. The molecule has 0 fully saturated rings. The minimum atomic E-state index is -0.131. The van der Waals surface area contributed by atoms with Crippen molar-refractivity contribution in [2.24, 2.45) is 0 Å². The maximum absolute atomic E-state index is 12.2. The summed E-state index contributed by atoms with van der Waals surface area (Å²) in [4.78, 5) is 14.7. The van der Waals surface area contributed by atoms with Crippen LogP contribution in [-0.2, 0) is 0 Å². The Morgan fingerprint density at radius 1 is 1.38 bits per heavy atom. The van der Waals surface area contributed by atoms with Gasteiger partial charge in [-0.15, -0.1) is 23.1 Å². The number of anilines is 1. The van der Waals surface area contributed by atoms with Crippen LogP contribution < -0.4 is 5.32 Å². The van der Waals surface area contributed by atoms with Crippen molar-refractivity contribution in [1.29, 1.82) is 0 Å². The molecule has 108 valence electrons. The monoisotopic (exact) mass is 317 g/mol. The Hall–Kier alpha value is -1.74. The number of thioether (sulfide) groups is 1. The fourth-order valence-corrected chi connectivity index (χ4v) is 2.86. The van der Waals surface area contributed by atoms with E-state index >= 15 is 0 Å². The first-order chi connectivity index (χ1) is 10.2. The summed E-state index contributed by atoms with van der Waals surface area (Å²) in [7, 11) is 0. The molecule has 0 aliphatic carbocycles. The first kappa shape index (κ1) is 15.6. The van der Waals surface area contributed by atoms with E-state index in [1.807, 2.05) is 36.6 Å². The molecule has 1 heterocycles. The second-order valence-corrected chi connectivity index (χ2v) is 6.09. The van der Waals surface area contributed by atoms with Crippen LogP contribution in [0.5, 0.6) is 0 Å². The highest BCUT2D eigenvalue weighted by atomic mass is 32.2. The number of benzene rings is 1. The third kappa shape index (κ3) is 4.64. The van der Waals surface area contributed by atoms with Crippen LogP contribution in [0.25, 0.3) is 0 Å². The molecule has 0 saturated carbocycles. The molecular weight excluding hydrogens is 302 g/mol. The third-order valence-corrected chi connectivity index (χ3v) is 4.33. The SMILES string of the molecule is CSc1cccc(NC(=O)c2ccc(C#CCCO)s2)c1. The van der Waals surface area contributed by atoms with E-state index < -0.39 is 0 Å². The van der Waals surface area contributed by atoms with Crippen molar-refractivity contribution < 1.29 is 9.90 Å². The molecule has 5 heteroatoms. The standard InChI is InChI=1S/C16H15NO2S2/c1-20-14-7-4-5-12(11-14)17-16(19)15-9-8-13(21-15)6-2-3-10-18/h4-5,7-9,11,18H,3,10H2,1H3,(H,17,19). The highest BCUT2D eigenvalue weighted by molar-refractivity contribution is 7.98. The minimum absolute atomic E-state index is 0.0531. The van der Waals surface area contributed by atoms with Crippen LogP contribution in [0.2, 0.25) is 0 Å². The van der Waals surface area contributed by atoms with E-state index in [9.17, 15) is 4.79 Å². The summed E-state index contributed by atoms with van der Waals surface area (Å²) in [6.45, 7) is 0.0531. The number of hydrogen-bond donors (Lipinski definition) is 2. The Labute approximate surface area is 132 Å². The number of rotatable bonds is 4. The van der Waals surface area contributed by atoms with E-state index in [1.165, 1.54) is 11.3 Å². The molecule has 3 nitrogen and oxygen atoms in total. The first-order valence-electron chi connectivity index (χ1n) is 6.38. The van der Waals surface area contributed by atoms with Gasteiger partial charge in [0.15, 0.2) is 0 Å². The summed E-state index contributed by atoms with van der Waals surface area (Å²) in [5, 5.41) is 11.6. The predicted molar refractivity (Wildman–Crippen MR) is 89.1 cm³/mol. The van der Waals surface area contributed by atoms with Crippen LogP contribution in [0.4, 0.5) is 5.69 Å². The van der Waals surface area contributed by atoms with Crippen molar-refractivity contribution in [3.05, 3.63) is 46.2 Å². The molecule has 0 unspecified atom stereocenters. The molecule has 21 heavy (non-hydrogen) atoms. The summed E-state index contributed by atoms with van der Waals surface area (Å²) in [5.41, 5.74) is 0.785. The summed E-state index contributed by atoms with van der Waals surface area (Å²) < 4.78 is 0. The van der Waals surface area contributed by atoms with Gasteiger partial charge in [0.25, 0.3) is 5.91 Å². The lowest BCUT2D eigenvalue weighted by Crippen LogP contribution is -2.09. The van der Waals surface area contributed by atoms with E-state index in [1.54, 1.807) is 17.8 Å². The van der Waals surface area contributed by atoms with Crippen molar-refractivity contribution in [2.45, 2.75) is 11.3 Å². The fourth-order valence-electron chi connectivity index (χ4n) is 1.63. The molecule has 0 saturated heterocycles. The van der Waals surface area contributed by atoms with Crippen molar-refractivity contribution in [3.63, 3.8) is 0 Å². The van der Waals surface area contributed by atoms with E-state index in [-0.39, 0.29) is 12.5 Å². The zero-order valence-corrected chi connectivity index (χ0v) is 13.2. The van der Waals surface area contributed by atoms with Gasteiger partial charge >= 0.3 is 0 Å². The zero-order chi connectivity index (χ0) is 15.1. The number of carbonyl (C=O) groups is 1. The molecule has 0 spiro atoms. The van der Waals surface area contributed by atoms with Crippen LogP contribution in [-0.4, -0.2) is 23.9 Å². The smallest absolute Gasteiger partial charge is 0.265 e. The molecule has 1 amide bonds. The molecule has 0 atom stereocenters. The summed E-state index contributed by atoms with van der Waals surface area (Å²) in [5.74, 6) is 5.64. The third-order valence-electron chi connectivity index (χ3n) is 2.61. The van der Waals surface area contributed by atoms with Crippen LogP contribution in [0.3, 0.4) is 0 Å². The lowest BCUT2D eigenvalue weighted by Gasteiger charge is -2.04. The highest BCUT2D eigenvalue weighted by Crippen LogP contribution is 2.21. The van der Waals surface area contributed by atoms with Crippen LogP contribution in [0, 0.1) is 11.8 Å². The van der Waals surface area contributed by atoms with Crippen LogP contribution in [0.1, 0.15) is 21.0 Å². The van der Waals surface area contributed by atoms with Gasteiger partial charge in [-0.25, -0.2) is 0 Å². The molecule has 2 rings (SSSR count). The van der Waals surface area contributed by atoms with E-state index in [0.29, 0.717) is 11.3 Å². The van der Waals surface area contributed by atoms with E-state index in [4.69, 9.17) is 5.11 Å². The van der Waals surface area contributed by atoms with Crippen LogP contribution >= 0.6 is 23.1 Å². The quantitative estimate of drug-likeness (QED) is 0.671. The van der Waals surface area contributed by atoms with E-state index in [0.717, 1.165) is 15.5 Å². The summed E-state index contributed by atoms with van der Waals surface area (Å²) >= 11 is 2.98.